The Bertz CT molecular complexity index is 1290. The molecule has 3 heterocycles. The number of ether oxygens (including phenoxy) is 2. The zero-order valence-electron chi connectivity index (χ0n) is 16.5. The van der Waals surface area contributed by atoms with Crippen LogP contribution < -0.4 is 14.2 Å². The Kier molecular flexibility index (Phi) is 5.35. The first-order valence-corrected chi connectivity index (χ1v) is 12.2. The van der Waals surface area contributed by atoms with Crippen molar-refractivity contribution in [3.8, 4) is 11.5 Å². The van der Waals surface area contributed by atoms with Crippen LogP contribution in [-0.2, 0) is 10.0 Å². The third-order valence-electron chi connectivity index (χ3n) is 5.03. The molecule has 0 aliphatic carbocycles. The molecule has 0 fully saturated rings. The normalized spacial score (nSPS) is 14.8. The van der Waals surface area contributed by atoms with E-state index in [0.29, 0.717) is 24.7 Å². The molecular formula is C23H20N2O4S2. The number of nitrogens with zero attached hydrogens (tertiary/aromatic N) is 1. The SMILES string of the molecule is O=S(=O)(N[C@H](c1ccccc1)c1cc2ncccc2s1)c1ccc2c(c1)OCCCO2. The van der Waals surface area contributed by atoms with E-state index in [-0.39, 0.29) is 4.90 Å². The van der Waals surface area contributed by atoms with Gasteiger partial charge in [0.2, 0.25) is 10.0 Å². The molecule has 0 saturated heterocycles. The third kappa shape index (κ3) is 4.14. The number of pyridine rings is 1. The molecule has 5 rings (SSSR count). The van der Waals surface area contributed by atoms with Gasteiger partial charge in [0, 0.05) is 23.6 Å². The Balaban J connectivity index is 1.54. The fourth-order valence-corrected chi connectivity index (χ4v) is 5.89. The van der Waals surface area contributed by atoms with Crippen LogP contribution in [0.4, 0.5) is 0 Å². The molecule has 2 aromatic heterocycles. The quantitative estimate of drug-likeness (QED) is 0.482. The van der Waals surface area contributed by atoms with Gasteiger partial charge in [-0.05, 0) is 35.9 Å². The minimum Gasteiger partial charge on any atom is -0.490 e. The van der Waals surface area contributed by atoms with Crippen LogP contribution in [0.15, 0.2) is 77.8 Å². The molecule has 4 aromatic rings. The van der Waals surface area contributed by atoms with Crippen molar-refractivity contribution >= 4 is 31.6 Å². The van der Waals surface area contributed by atoms with Gasteiger partial charge >= 0.3 is 0 Å². The highest BCUT2D eigenvalue weighted by Crippen LogP contribution is 2.35. The molecule has 158 valence electrons. The largest absolute Gasteiger partial charge is 0.490 e. The number of rotatable bonds is 5. The summed E-state index contributed by atoms with van der Waals surface area (Å²) in [4.78, 5) is 5.40. The van der Waals surface area contributed by atoms with Crippen molar-refractivity contribution in [2.24, 2.45) is 0 Å². The van der Waals surface area contributed by atoms with Crippen LogP contribution in [0.5, 0.6) is 11.5 Å². The van der Waals surface area contributed by atoms with Gasteiger partial charge in [-0.25, -0.2) is 8.42 Å². The molecule has 6 nitrogen and oxygen atoms in total. The number of nitrogens with one attached hydrogen (secondary N) is 1. The minimum atomic E-state index is -3.84. The second-order valence-corrected chi connectivity index (χ2v) is 9.99. The Labute approximate surface area is 184 Å². The summed E-state index contributed by atoms with van der Waals surface area (Å²) < 4.78 is 41.9. The van der Waals surface area contributed by atoms with E-state index in [4.69, 9.17) is 9.47 Å². The van der Waals surface area contributed by atoms with Crippen molar-refractivity contribution in [2.75, 3.05) is 13.2 Å². The smallest absolute Gasteiger partial charge is 0.241 e. The number of benzene rings is 2. The Morgan fingerprint density at radius 1 is 0.935 bits per heavy atom. The maximum absolute atomic E-state index is 13.4. The molecule has 2 aromatic carbocycles. The maximum atomic E-state index is 13.4. The second-order valence-electron chi connectivity index (χ2n) is 7.16. The number of hydrogen-bond acceptors (Lipinski definition) is 6. The first-order chi connectivity index (χ1) is 15.1. The Morgan fingerprint density at radius 2 is 1.74 bits per heavy atom. The summed E-state index contributed by atoms with van der Waals surface area (Å²) >= 11 is 1.53. The maximum Gasteiger partial charge on any atom is 0.241 e. The summed E-state index contributed by atoms with van der Waals surface area (Å²) in [5, 5.41) is 0. The first-order valence-electron chi connectivity index (χ1n) is 9.91. The van der Waals surface area contributed by atoms with Crippen molar-refractivity contribution in [3.63, 3.8) is 0 Å². The summed E-state index contributed by atoms with van der Waals surface area (Å²) in [5.41, 5.74) is 1.70. The average molecular weight is 453 g/mol. The third-order valence-corrected chi connectivity index (χ3v) is 7.60. The van der Waals surface area contributed by atoms with Crippen molar-refractivity contribution in [1.82, 2.24) is 9.71 Å². The molecule has 1 aliphatic rings. The minimum absolute atomic E-state index is 0.136. The van der Waals surface area contributed by atoms with E-state index < -0.39 is 16.1 Å². The number of sulfonamides is 1. The summed E-state index contributed by atoms with van der Waals surface area (Å²) in [6.07, 6.45) is 2.49. The zero-order chi connectivity index (χ0) is 21.3. The average Bonchev–Trinajstić information content (AvgIpc) is 3.08. The van der Waals surface area contributed by atoms with Gasteiger partial charge in [0.1, 0.15) is 0 Å². The van der Waals surface area contributed by atoms with Crippen LogP contribution in [0.25, 0.3) is 10.2 Å². The molecule has 0 bridgehead atoms. The van der Waals surface area contributed by atoms with Gasteiger partial charge in [-0.3, -0.25) is 4.98 Å². The Morgan fingerprint density at radius 3 is 2.55 bits per heavy atom. The van der Waals surface area contributed by atoms with Crippen molar-refractivity contribution < 1.29 is 17.9 Å². The van der Waals surface area contributed by atoms with Crippen molar-refractivity contribution in [2.45, 2.75) is 17.4 Å². The van der Waals surface area contributed by atoms with Crippen molar-refractivity contribution in [1.29, 1.82) is 0 Å². The summed E-state index contributed by atoms with van der Waals surface area (Å²) in [6, 6.07) is 19.5. The van der Waals surface area contributed by atoms with Crippen LogP contribution in [0, 0.1) is 0 Å². The molecule has 0 saturated carbocycles. The number of hydrogen-bond donors (Lipinski definition) is 1. The molecule has 0 radical (unpaired) electrons. The molecule has 0 amide bonds. The first kappa shape index (κ1) is 20.0. The predicted octanol–water partition coefficient (Wildman–Crippen LogP) is 4.53. The zero-order valence-corrected chi connectivity index (χ0v) is 18.2. The highest BCUT2D eigenvalue weighted by molar-refractivity contribution is 7.89. The molecule has 1 aliphatic heterocycles. The molecule has 31 heavy (non-hydrogen) atoms. The molecule has 8 heteroatoms. The van der Waals surface area contributed by atoms with E-state index in [1.54, 1.807) is 18.3 Å². The Hall–Kier alpha value is -2.94. The lowest BCUT2D eigenvalue weighted by Gasteiger charge is -2.19. The van der Waals surface area contributed by atoms with E-state index in [2.05, 4.69) is 9.71 Å². The van der Waals surface area contributed by atoms with Crippen LogP contribution >= 0.6 is 11.3 Å². The highest BCUT2D eigenvalue weighted by atomic mass is 32.2. The van der Waals surface area contributed by atoms with Gasteiger partial charge in [0.15, 0.2) is 11.5 Å². The monoisotopic (exact) mass is 452 g/mol. The molecule has 0 spiro atoms. The van der Waals surface area contributed by atoms with Gasteiger partial charge in [0.25, 0.3) is 0 Å². The standard InChI is InChI=1S/C23H20N2O4S2/c26-31(27,17-9-10-19-20(14-17)29-13-5-12-28-19)25-23(16-6-2-1-3-7-16)22-15-18-21(30-22)8-4-11-24-18/h1-4,6-11,14-15,23,25H,5,12-13H2/t23-/m1/s1. The molecule has 0 unspecified atom stereocenters. The van der Waals surface area contributed by atoms with Crippen LogP contribution in [0.2, 0.25) is 0 Å². The fourth-order valence-electron chi connectivity index (χ4n) is 3.50. The topological polar surface area (TPSA) is 77.5 Å². The van der Waals surface area contributed by atoms with Crippen LogP contribution in [0.3, 0.4) is 0 Å². The lowest BCUT2D eigenvalue weighted by atomic mass is 10.1. The number of thiophene rings is 1. The van der Waals surface area contributed by atoms with E-state index in [9.17, 15) is 8.42 Å². The summed E-state index contributed by atoms with van der Waals surface area (Å²) in [5.74, 6) is 1.01. The lowest BCUT2D eigenvalue weighted by molar-refractivity contribution is 0.297. The van der Waals surface area contributed by atoms with Gasteiger partial charge in [-0.2, -0.15) is 4.72 Å². The summed E-state index contributed by atoms with van der Waals surface area (Å²) in [7, 11) is -3.84. The van der Waals surface area contributed by atoms with E-state index >= 15 is 0 Å². The molecular weight excluding hydrogens is 432 g/mol. The van der Waals surface area contributed by atoms with E-state index in [1.165, 1.54) is 17.4 Å². The highest BCUT2D eigenvalue weighted by Gasteiger charge is 2.26. The van der Waals surface area contributed by atoms with Gasteiger partial charge in [-0.15, -0.1) is 11.3 Å². The fraction of sp³-hybridized carbons (Fsp3) is 0.174. The predicted molar refractivity (Wildman–Crippen MR) is 120 cm³/mol. The van der Waals surface area contributed by atoms with Gasteiger partial charge < -0.3 is 9.47 Å². The number of aromatic nitrogens is 1. The van der Waals surface area contributed by atoms with Gasteiger partial charge in [0.05, 0.1) is 34.4 Å². The second kappa shape index (κ2) is 8.30. The molecule has 1 N–H and O–H groups in total. The van der Waals surface area contributed by atoms with Crippen LogP contribution in [-0.4, -0.2) is 26.6 Å². The van der Waals surface area contributed by atoms with Crippen LogP contribution in [0.1, 0.15) is 22.9 Å². The molecule has 1 atom stereocenters. The lowest BCUT2D eigenvalue weighted by Crippen LogP contribution is -2.29. The number of fused-ring (bicyclic) bond motifs is 2. The van der Waals surface area contributed by atoms with E-state index in [1.807, 2.05) is 48.5 Å². The van der Waals surface area contributed by atoms with Gasteiger partial charge in [-0.1, -0.05) is 30.3 Å². The van der Waals surface area contributed by atoms with E-state index in [0.717, 1.165) is 27.1 Å². The van der Waals surface area contributed by atoms with Crippen molar-refractivity contribution in [3.05, 3.63) is 83.4 Å². The summed E-state index contributed by atoms with van der Waals surface area (Å²) in [6.45, 7) is 1.04.